The summed E-state index contributed by atoms with van der Waals surface area (Å²) < 4.78 is 4.78. The summed E-state index contributed by atoms with van der Waals surface area (Å²) in [6.07, 6.45) is 1.52. The van der Waals surface area contributed by atoms with Crippen molar-refractivity contribution in [2.24, 2.45) is 0 Å². The number of phenolic OH excluding ortho intramolecular Hbond substituents is 1. The number of aromatic hydroxyl groups is 1. The third-order valence-electron chi connectivity index (χ3n) is 1.80. The lowest BCUT2D eigenvalue weighted by Crippen LogP contribution is -1.88. The molecular weight excluding hydrogens is 230 g/mol. The molecule has 1 aromatic carbocycles. The van der Waals surface area contributed by atoms with E-state index >= 15 is 0 Å². The molecule has 0 amide bonds. The van der Waals surface area contributed by atoms with Gasteiger partial charge in [-0.25, -0.2) is 4.98 Å². The number of rotatable bonds is 3. The molecule has 15 heavy (non-hydrogen) atoms. The first-order valence-corrected chi connectivity index (χ1v) is 5.98. The second kappa shape index (κ2) is 4.50. The molecule has 0 aliphatic heterocycles. The van der Waals surface area contributed by atoms with Crippen LogP contribution in [0.5, 0.6) is 5.75 Å². The number of aromatic nitrogens is 2. The highest BCUT2D eigenvalue weighted by Gasteiger charge is 2.04. The summed E-state index contributed by atoms with van der Waals surface area (Å²) in [6.45, 7) is 0. The Labute approximate surface area is 95.3 Å². The van der Waals surface area contributed by atoms with Crippen molar-refractivity contribution < 1.29 is 5.11 Å². The monoisotopic (exact) mass is 239 g/mol. The molecule has 0 spiro atoms. The first-order chi connectivity index (χ1) is 7.25. The van der Waals surface area contributed by atoms with Gasteiger partial charge in [0.05, 0.1) is 0 Å². The Hall–Kier alpha value is -1.27. The third kappa shape index (κ3) is 2.60. The summed E-state index contributed by atoms with van der Waals surface area (Å²) >= 11 is 2.87. The minimum Gasteiger partial charge on any atom is -0.508 e. The van der Waals surface area contributed by atoms with Gasteiger partial charge in [0.15, 0.2) is 4.34 Å². The molecule has 6 heteroatoms. The van der Waals surface area contributed by atoms with Crippen LogP contribution < -0.4 is 5.73 Å². The Morgan fingerprint density at radius 1 is 1.47 bits per heavy atom. The summed E-state index contributed by atoms with van der Waals surface area (Å²) in [5, 5.41) is 9.56. The fraction of sp³-hybridized carbons (Fsp3) is 0.111. The molecule has 0 fully saturated rings. The van der Waals surface area contributed by atoms with Crippen LogP contribution in [0.4, 0.5) is 5.69 Å². The molecule has 0 aliphatic carbocycles. The smallest absolute Gasteiger partial charge is 0.170 e. The van der Waals surface area contributed by atoms with E-state index in [1.54, 1.807) is 18.2 Å². The number of nitrogens with two attached hydrogens (primary N) is 1. The maximum Gasteiger partial charge on any atom is 0.170 e. The Kier molecular flexibility index (Phi) is 3.08. The van der Waals surface area contributed by atoms with Gasteiger partial charge in [-0.3, -0.25) is 0 Å². The van der Waals surface area contributed by atoms with Crippen LogP contribution in [0.15, 0.2) is 28.9 Å². The zero-order valence-corrected chi connectivity index (χ0v) is 9.38. The molecule has 4 nitrogen and oxygen atoms in total. The molecular formula is C9H9N3OS2. The molecule has 0 saturated heterocycles. The van der Waals surface area contributed by atoms with Crippen molar-refractivity contribution in [2.75, 3.05) is 5.73 Å². The van der Waals surface area contributed by atoms with E-state index in [0.29, 0.717) is 11.4 Å². The van der Waals surface area contributed by atoms with Crippen LogP contribution in [0, 0.1) is 0 Å². The van der Waals surface area contributed by atoms with Crippen molar-refractivity contribution >= 4 is 29.0 Å². The maximum atomic E-state index is 9.56. The van der Waals surface area contributed by atoms with Gasteiger partial charge in [-0.2, -0.15) is 4.37 Å². The van der Waals surface area contributed by atoms with Crippen LogP contribution in [-0.2, 0) is 5.75 Å². The van der Waals surface area contributed by atoms with Gasteiger partial charge in [0.2, 0.25) is 0 Å². The average Bonchev–Trinajstić information content (AvgIpc) is 2.72. The minimum absolute atomic E-state index is 0.265. The van der Waals surface area contributed by atoms with Crippen LogP contribution in [0.2, 0.25) is 0 Å². The Morgan fingerprint density at radius 2 is 2.33 bits per heavy atom. The number of anilines is 1. The molecule has 3 N–H and O–H groups in total. The van der Waals surface area contributed by atoms with E-state index < -0.39 is 0 Å². The van der Waals surface area contributed by atoms with Crippen molar-refractivity contribution in [3.05, 3.63) is 30.1 Å². The molecule has 1 heterocycles. The van der Waals surface area contributed by atoms with E-state index in [0.717, 1.165) is 9.90 Å². The number of hydrogen-bond acceptors (Lipinski definition) is 6. The largest absolute Gasteiger partial charge is 0.508 e. The second-order valence-corrected chi connectivity index (χ2v) is 4.89. The topological polar surface area (TPSA) is 72.0 Å². The lowest BCUT2D eigenvalue weighted by molar-refractivity contribution is 0.471. The van der Waals surface area contributed by atoms with E-state index in [4.69, 9.17) is 5.73 Å². The second-order valence-electron chi connectivity index (χ2n) is 2.88. The molecule has 0 radical (unpaired) electrons. The van der Waals surface area contributed by atoms with E-state index in [-0.39, 0.29) is 5.75 Å². The molecule has 0 bridgehead atoms. The standard InChI is InChI=1S/C9H9N3OS2/c10-7-1-2-8(13)6(3-7)4-14-9-11-5-12-15-9/h1-3,5,13H,4,10H2. The van der Waals surface area contributed by atoms with E-state index in [1.165, 1.54) is 29.6 Å². The summed E-state index contributed by atoms with van der Waals surface area (Å²) in [4.78, 5) is 4.04. The highest BCUT2D eigenvalue weighted by Crippen LogP contribution is 2.28. The maximum absolute atomic E-state index is 9.56. The summed E-state index contributed by atoms with van der Waals surface area (Å²) in [5.74, 6) is 0.910. The van der Waals surface area contributed by atoms with Crippen molar-refractivity contribution in [1.29, 1.82) is 0 Å². The van der Waals surface area contributed by atoms with Gasteiger partial charge in [0.1, 0.15) is 12.1 Å². The number of benzene rings is 1. The lowest BCUT2D eigenvalue weighted by Gasteiger charge is -2.03. The number of thioether (sulfide) groups is 1. The van der Waals surface area contributed by atoms with E-state index in [9.17, 15) is 5.11 Å². The van der Waals surface area contributed by atoms with Crippen LogP contribution in [-0.4, -0.2) is 14.5 Å². The van der Waals surface area contributed by atoms with Crippen molar-refractivity contribution in [3.63, 3.8) is 0 Å². The summed E-state index contributed by atoms with van der Waals surface area (Å²) in [7, 11) is 0. The normalized spacial score (nSPS) is 10.4. The van der Waals surface area contributed by atoms with Gasteiger partial charge in [-0.15, -0.1) is 0 Å². The summed E-state index contributed by atoms with van der Waals surface area (Å²) in [5.41, 5.74) is 7.10. The SMILES string of the molecule is Nc1ccc(O)c(CSc2ncns2)c1. The molecule has 78 valence electrons. The molecule has 0 aliphatic rings. The van der Waals surface area contributed by atoms with Crippen LogP contribution in [0.25, 0.3) is 0 Å². The number of nitrogen functional groups attached to an aromatic ring is 1. The predicted octanol–water partition coefficient (Wildman–Crippen LogP) is 2.12. The molecule has 2 aromatic rings. The number of phenols is 1. The first kappa shape index (κ1) is 10.3. The van der Waals surface area contributed by atoms with Gasteiger partial charge in [0, 0.05) is 17.0 Å². The van der Waals surface area contributed by atoms with Crippen LogP contribution in [0.1, 0.15) is 5.56 Å². The van der Waals surface area contributed by atoms with Crippen molar-refractivity contribution in [2.45, 2.75) is 10.1 Å². The van der Waals surface area contributed by atoms with Crippen molar-refractivity contribution in [3.8, 4) is 5.75 Å². The number of nitrogens with zero attached hydrogens (tertiary/aromatic N) is 2. The zero-order valence-electron chi connectivity index (χ0n) is 7.75. The van der Waals surface area contributed by atoms with Gasteiger partial charge in [0.25, 0.3) is 0 Å². The van der Waals surface area contributed by atoms with Crippen molar-refractivity contribution in [1.82, 2.24) is 9.36 Å². The van der Waals surface area contributed by atoms with Gasteiger partial charge in [-0.1, -0.05) is 11.8 Å². The minimum atomic E-state index is 0.265. The third-order valence-corrected chi connectivity index (χ3v) is 3.64. The fourth-order valence-corrected chi connectivity index (χ4v) is 2.51. The highest BCUT2D eigenvalue weighted by atomic mass is 32.2. The Balaban J connectivity index is 2.07. The molecule has 0 saturated carbocycles. The quantitative estimate of drug-likeness (QED) is 0.487. The average molecular weight is 239 g/mol. The Morgan fingerprint density at radius 3 is 3.07 bits per heavy atom. The van der Waals surface area contributed by atoms with Gasteiger partial charge < -0.3 is 10.8 Å². The zero-order chi connectivity index (χ0) is 10.7. The Bertz CT molecular complexity index is 445. The van der Waals surface area contributed by atoms with E-state index in [2.05, 4.69) is 9.36 Å². The van der Waals surface area contributed by atoms with Crippen LogP contribution >= 0.6 is 23.3 Å². The van der Waals surface area contributed by atoms with E-state index in [1.807, 2.05) is 0 Å². The van der Waals surface area contributed by atoms with Crippen LogP contribution in [0.3, 0.4) is 0 Å². The molecule has 2 rings (SSSR count). The fourth-order valence-electron chi connectivity index (χ4n) is 1.09. The van der Waals surface area contributed by atoms with Gasteiger partial charge >= 0.3 is 0 Å². The predicted molar refractivity (Wildman–Crippen MR) is 62.0 cm³/mol. The highest BCUT2D eigenvalue weighted by molar-refractivity contribution is 8.00. The molecule has 1 aromatic heterocycles. The van der Waals surface area contributed by atoms with Gasteiger partial charge in [-0.05, 0) is 29.7 Å². The number of hydrogen-bond donors (Lipinski definition) is 2. The summed E-state index contributed by atoms with van der Waals surface area (Å²) in [6, 6.07) is 5.04. The molecule has 0 atom stereocenters. The lowest BCUT2D eigenvalue weighted by atomic mass is 10.2. The first-order valence-electron chi connectivity index (χ1n) is 4.22. The molecule has 0 unspecified atom stereocenters.